The first kappa shape index (κ1) is 14.3. The summed E-state index contributed by atoms with van der Waals surface area (Å²) in [4.78, 5) is 11.8. The minimum atomic E-state index is 0.0708. The fourth-order valence-corrected chi connectivity index (χ4v) is 3.39. The Bertz CT molecular complexity index is 663. The highest BCUT2D eigenvalue weighted by molar-refractivity contribution is 14.1. The van der Waals surface area contributed by atoms with Crippen LogP contribution < -0.4 is 0 Å². The number of carbonyl (C=O) groups excluding carboxylic acids is 1. The molecule has 0 N–H and O–H groups in total. The van der Waals surface area contributed by atoms with Crippen LogP contribution in [0.25, 0.3) is 11.1 Å². The highest BCUT2D eigenvalue weighted by Crippen LogP contribution is 2.29. The Hall–Kier alpha value is -1.62. The average Bonchev–Trinajstić information content (AvgIpc) is 2.76. The second-order valence-corrected chi connectivity index (χ2v) is 6.38. The third-order valence-electron chi connectivity index (χ3n) is 3.83. The van der Waals surface area contributed by atoms with Gasteiger partial charge in [-0.25, -0.2) is 0 Å². The van der Waals surface area contributed by atoms with E-state index >= 15 is 0 Å². The molecule has 0 bridgehead atoms. The van der Waals surface area contributed by atoms with Crippen molar-refractivity contribution in [3.63, 3.8) is 0 Å². The standard InChI is InChI=1S/C18H16INO/c1-13-11-17(20(19)18(13)21)12-14-7-9-16(10-8-14)15-5-3-2-4-6-15/h2-10,17H,1,11-12H2. The second kappa shape index (κ2) is 6.02. The molecule has 0 aromatic heterocycles. The molecular weight excluding hydrogens is 373 g/mol. The lowest BCUT2D eigenvalue weighted by molar-refractivity contribution is -0.120. The van der Waals surface area contributed by atoms with E-state index in [0.717, 1.165) is 18.4 Å². The van der Waals surface area contributed by atoms with Crippen LogP contribution in [0.2, 0.25) is 0 Å². The summed E-state index contributed by atoms with van der Waals surface area (Å²) in [6, 6.07) is 19.2. The van der Waals surface area contributed by atoms with Gasteiger partial charge in [-0.1, -0.05) is 61.2 Å². The molecule has 106 valence electrons. The number of hydrogen-bond donors (Lipinski definition) is 0. The maximum absolute atomic E-state index is 11.8. The first-order valence-corrected chi connectivity index (χ1v) is 7.93. The van der Waals surface area contributed by atoms with Gasteiger partial charge >= 0.3 is 0 Å². The van der Waals surface area contributed by atoms with Gasteiger partial charge in [0.1, 0.15) is 0 Å². The number of carbonyl (C=O) groups is 1. The summed E-state index contributed by atoms with van der Waals surface area (Å²) in [5.41, 5.74) is 4.42. The molecule has 3 heteroatoms. The van der Waals surface area contributed by atoms with Crippen LogP contribution >= 0.6 is 22.9 Å². The number of nitrogens with zero attached hydrogens (tertiary/aromatic N) is 1. The SMILES string of the molecule is C=C1CC(Cc2ccc(-c3ccccc3)cc2)N(I)C1=O. The predicted octanol–water partition coefficient (Wildman–Crippen LogP) is 4.40. The first-order chi connectivity index (χ1) is 10.1. The largest absolute Gasteiger partial charge is 0.277 e. The van der Waals surface area contributed by atoms with Gasteiger partial charge in [-0.15, -0.1) is 0 Å². The summed E-state index contributed by atoms with van der Waals surface area (Å²) in [5.74, 6) is 0.0708. The van der Waals surface area contributed by atoms with Gasteiger partial charge < -0.3 is 0 Å². The molecule has 0 saturated carbocycles. The molecule has 2 aromatic rings. The van der Waals surface area contributed by atoms with Gasteiger partial charge in [0.2, 0.25) is 0 Å². The molecule has 0 aliphatic carbocycles. The van der Waals surface area contributed by atoms with Crippen LogP contribution in [-0.2, 0) is 11.2 Å². The lowest BCUT2D eigenvalue weighted by atomic mass is 10.00. The monoisotopic (exact) mass is 389 g/mol. The van der Waals surface area contributed by atoms with E-state index in [9.17, 15) is 4.79 Å². The highest BCUT2D eigenvalue weighted by Gasteiger charge is 2.32. The maximum atomic E-state index is 11.8. The Labute approximate surface area is 139 Å². The third kappa shape index (κ3) is 3.02. The van der Waals surface area contributed by atoms with Crippen molar-refractivity contribution in [3.05, 3.63) is 72.3 Å². The van der Waals surface area contributed by atoms with Crippen molar-refractivity contribution in [1.82, 2.24) is 3.11 Å². The van der Waals surface area contributed by atoms with E-state index in [2.05, 4.69) is 65.8 Å². The molecule has 1 atom stereocenters. The molecule has 1 saturated heterocycles. The zero-order valence-electron chi connectivity index (χ0n) is 11.6. The van der Waals surface area contributed by atoms with Crippen molar-refractivity contribution >= 4 is 28.8 Å². The van der Waals surface area contributed by atoms with Crippen LogP contribution in [0.1, 0.15) is 12.0 Å². The average molecular weight is 389 g/mol. The molecule has 21 heavy (non-hydrogen) atoms. The zero-order chi connectivity index (χ0) is 14.8. The van der Waals surface area contributed by atoms with Gasteiger partial charge in [0, 0.05) is 5.57 Å². The van der Waals surface area contributed by atoms with Gasteiger partial charge in [0.05, 0.1) is 28.9 Å². The molecule has 0 spiro atoms. The number of halogens is 1. The Balaban J connectivity index is 1.74. The second-order valence-electron chi connectivity index (χ2n) is 5.34. The van der Waals surface area contributed by atoms with E-state index in [1.165, 1.54) is 16.7 Å². The van der Waals surface area contributed by atoms with Crippen LogP contribution in [0.15, 0.2) is 66.7 Å². The van der Waals surface area contributed by atoms with E-state index < -0.39 is 0 Å². The fraction of sp³-hybridized carbons (Fsp3) is 0.167. The Morgan fingerprint density at radius 3 is 2.24 bits per heavy atom. The molecule has 2 nitrogen and oxygen atoms in total. The quantitative estimate of drug-likeness (QED) is 0.433. The van der Waals surface area contributed by atoms with E-state index in [1.54, 1.807) is 3.11 Å². The molecule has 0 radical (unpaired) electrons. The van der Waals surface area contributed by atoms with Crippen molar-refractivity contribution in [2.75, 3.05) is 0 Å². The first-order valence-electron chi connectivity index (χ1n) is 6.96. The van der Waals surface area contributed by atoms with E-state index in [-0.39, 0.29) is 11.9 Å². The van der Waals surface area contributed by atoms with Crippen molar-refractivity contribution in [2.24, 2.45) is 0 Å². The number of hydrogen-bond acceptors (Lipinski definition) is 1. The number of rotatable bonds is 3. The number of benzene rings is 2. The summed E-state index contributed by atoms with van der Waals surface area (Å²) in [7, 11) is 0. The molecular formula is C18H16INO. The molecule has 2 aromatic carbocycles. The molecule has 3 rings (SSSR count). The normalized spacial score (nSPS) is 18.3. The summed E-state index contributed by atoms with van der Waals surface area (Å²) < 4.78 is 1.78. The van der Waals surface area contributed by atoms with Crippen LogP contribution in [0, 0.1) is 0 Å². The highest BCUT2D eigenvalue weighted by atomic mass is 127. The molecule has 1 unspecified atom stereocenters. The molecule has 1 aliphatic heterocycles. The van der Waals surface area contributed by atoms with E-state index in [4.69, 9.17) is 0 Å². The topological polar surface area (TPSA) is 20.3 Å². The Morgan fingerprint density at radius 1 is 1.05 bits per heavy atom. The summed E-state index contributed by atoms with van der Waals surface area (Å²) >= 11 is 2.10. The van der Waals surface area contributed by atoms with Crippen molar-refractivity contribution in [2.45, 2.75) is 18.9 Å². The minimum absolute atomic E-state index is 0.0708. The lowest BCUT2D eigenvalue weighted by Crippen LogP contribution is -2.24. The maximum Gasteiger partial charge on any atom is 0.258 e. The third-order valence-corrected chi connectivity index (χ3v) is 5.06. The van der Waals surface area contributed by atoms with Gasteiger partial charge in [0.25, 0.3) is 5.91 Å². The van der Waals surface area contributed by atoms with Crippen LogP contribution in [0.4, 0.5) is 0 Å². The van der Waals surface area contributed by atoms with Crippen LogP contribution in [0.3, 0.4) is 0 Å². The molecule has 1 fully saturated rings. The van der Waals surface area contributed by atoms with E-state index in [1.807, 2.05) is 18.2 Å². The zero-order valence-corrected chi connectivity index (χ0v) is 13.8. The minimum Gasteiger partial charge on any atom is -0.277 e. The molecule has 1 amide bonds. The smallest absolute Gasteiger partial charge is 0.258 e. The fourth-order valence-electron chi connectivity index (χ4n) is 2.66. The van der Waals surface area contributed by atoms with Crippen LogP contribution in [-0.4, -0.2) is 15.1 Å². The van der Waals surface area contributed by atoms with Gasteiger partial charge in [-0.2, -0.15) is 0 Å². The number of amides is 1. The summed E-state index contributed by atoms with van der Waals surface area (Å²) in [6.45, 7) is 3.84. The van der Waals surface area contributed by atoms with E-state index in [0.29, 0.717) is 0 Å². The predicted molar refractivity (Wildman–Crippen MR) is 94.0 cm³/mol. The van der Waals surface area contributed by atoms with Crippen LogP contribution in [0.5, 0.6) is 0 Å². The summed E-state index contributed by atoms with van der Waals surface area (Å²) in [6.07, 6.45) is 1.64. The Morgan fingerprint density at radius 2 is 1.67 bits per heavy atom. The van der Waals surface area contributed by atoms with Gasteiger partial charge in [0.15, 0.2) is 0 Å². The molecule has 1 heterocycles. The van der Waals surface area contributed by atoms with Gasteiger partial charge in [-0.05, 0) is 29.5 Å². The van der Waals surface area contributed by atoms with Crippen molar-refractivity contribution in [1.29, 1.82) is 0 Å². The van der Waals surface area contributed by atoms with Gasteiger partial charge in [-0.3, -0.25) is 7.91 Å². The van der Waals surface area contributed by atoms with Crippen molar-refractivity contribution in [3.8, 4) is 11.1 Å². The lowest BCUT2D eigenvalue weighted by Gasteiger charge is -2.17. The Kier molecular flexibility index (Phi) is 4.10. The molecule has 1 aliphatic rings. The van der Waals surface area contributed by atoms with Crippen molar-refractivity contribution < 1.29 is 4.79 Å². The summed E-state index contributed by atoms with van der Waals surface area (Å²) in [5, 5.41) is 0.